The van der Waals surface area contributed by atoms with Gasteiger partial charge in [0.1, 0.15) is 11.6 Å². The fraction of sp³-hybridized carbons (Fsp3) is 0.207. The number of hydrogen-bond acceptors (Lipinski definition) is 5. The SMILES string of the molecule is Cc1ncc(C=S)c(Nc2cccc(C(O[Si](c3ccccc3)c3ccccc3)C(C)(C)C)c2)n1. The molecule has 1 heterocycles. The number of nitrogens with zero attached hydrogens (tertiary/aromatic N) is 2. The number of nitrogens with one attached hydrogen (secondary N) is 1. The van der Waals surface area contributed by atoms with E-state index in [0.717, 1.165) is 16.8 Å². The van der Waals surface area contributed by atoms with Gasteiger partial charge in [0.2, 0.25) is 0 Å². The van der Waals surface area contributed by atoms with Gasteiger partial charge in [0.15, 0.2) is 0 Å². The molecule has 1 unspecified atom stereocenters. The number of rotatable bonds is 8. The zero-order valence-electron chi connectivity index (χ0n) is 20.5. The van der Waals surface area contributed by atoms with Crippen LogP contribution in [0.1, 0.15) is 43.8 Å². The summed E-state index contributed by atoms with van der Waals surface area (Å²) in [4.78, 5) is 8.80. The molecule has 1 N–H and O–H groups in total. The lowest BCUT2D eigenvalue weighted by atomic mass is 9.85. The van der Waals surface area contributed by atoms with Gasteiger partial charge in [0, 0.05) is 22.8 Å². The van der Waals surface area contributed by atoms with Crippen LogP contribution in [0.4, 0.5) is 11.5 Å². The van der Waals surface area contributed by atoms with Crippen LogP contribution in [0.3, 0.4) is 0 Å². The first-order valence-corrected chi connectivity index (χ1v) is 13.5. The van der Waals surface area contributed by atoms with Crippen LogP contribution >= 0.6 is 12.2 Å². The normalized spacial score (nSPS) is 12.4. The van der Waals surface area contributed by atoms with Crippen LogP contribution in [-0.2, 0) is 4.43 Å². The topological polar surface area (TPSA) is 47.0 Å². The van der Waals surface area contributed by atoms with Gasteiger partial charge in [-0.3, -0.25) is 0 Å². The zero-order chi connectivity index (χ0) is 24.8. The Morgan fingerprint density at radius 2 is 1.54 bits per heavy atom. The first-order chi connectivity index (χ1) is 16.8. The summed E-state index contributed by atoms with van der Waals surface area (Å²) < 4.78 is 7.07. The number of benzene rings is 3. The van der Waals surface area contributed by atoms with Gasteiger partial charge < -0.3 is 9.74 Å². The summed E-state index contributed by atoms with van der Waals surface area (Å²) in [5, 5.41) is 7.49. The molecule has 4 rings (SSSR count). The van der Waals surface area contributed by atoms with Crippen LogP contribution < -0.4 is 15.7 Å². The van der Waals surface area contributed by atoms with E-state index in [9.17, 15) is 0 Å². The molecule has 3 aromatic carbocycles. The third kappa shape index (κ3) is 6.28. The predicted octanol–water partition coefficient (Wildman–Crippen LogP) is 5.79. The van der Waals surface area contributed by atoms with E-state index < -0.39 is 9.04 Å². The van der Waals surface area contributed by atoms with Crippen LogP contribution in [0, 0.1) is 12.3 Å². The minimum atomic E-state index is -1.47. The van der Waals surface area contributed by atoms with Gasteiger partial charge in [0.05, 0.1) is 6.10 Å². The largest absolute Gasteiger partial charge is 0.400 e. The molecule has 0 aliphatic heterocycles. The smallest absolute Gasteiger partial charge is 0.283 e. The molecule has 1 atom stereocenters. The molecule has 0 aliphatic carbocycles. The Hall–Kier alpha value is -3.19. The standard InChI is InChI=1S/C29H30N3OSSi/c1-21-30-19-23(20-34)28(31-21)32-24-13-11-12-22(18-24)27(29(2,3)4)33-35(25-14-7-5-8-15-25)26-16-9-6-10-17-26/h5-20,27H,1-4H3,(H,30,31,32). The third-order valence-electron chi connectivity index (χ3n) is 5.61. The fourth-order valence-electron chi connectivity index (χ4n) is 3.93. The Kier molecular flexibility index (Phi) is 7.85. The lowest BCUT2D eigenvalue weighted by Gasteiger charge is -2.34. The van der Waals surface area contributed by atoms with E-state index in [0.29, 0.717) is 11.6 Å². The first-order valence-electron chi connectivity index (χ1n) is 11.7. The van der Waals surface area contributed by atoms with E-state index >= 15 is 0 Å². The van der Waals surface area contributed by atoms with Crippen molar-refractivity contribution >= 4 is 48.5 Å². The van der Waals surface area contributed by atoms with Crippen molar-refractivity contribution in [2.24, 2.45) is 5.41 Å². The molecule has 177 valence electrons. The third-order valence-corrected chi connectivity index (χ3v) is 8.05. The average molecular weight is 497 g/mol. The maximum absolute atomic E-state index is 7.07. The maximum atomic E-state index is 7.07. The van der Waals surface area contributed by atoms with E-state index in [-0.39, 0.29) is 11.5 Å². The molecule has 1 radical (unpaired) electrons. The van der Waals surface area contributed by atoms with E-state index in [4.69, 9.17) is 16.6 Å². The molecule has 0 fully saturated rings. The van der Waals surface area contributed by atoms with Crippen LogP contribution in [0.15, 0.2) is 91.1 Å². The molecule has 4 aromatic rings. The van der Waals surface area contributed by atoms with Crippen molar-refractivity contribution in [3.8, 4) is 0 Å². The Morgan fingerprint density at radius 3 is 2.11 bits per heavy atom. The number of thiocarbonyl (C=S) groups is 1. The zero-order valence-corrected chi connectivity index (χ0v) is 22.3. The highest BCUT2D eigenvalue weighted by Gasteiger charge is 2.32. The van der Waals surface area contributed by atoms with Crippen molar-refractivity contribution in [1.82, 2.24) is 9.97 Å². The fourth-order valence-corrected chi connectivity index (χ4v) is 6.42. The molecule has 0 bridgehead atoms. The highest BCUT2D eigenvalue weighted by Crippen LogP contribution is 2.37. The van der Waals surface area contributed by atoms with Crippen LogP contribution in [-0.4, -0.2) is 24.4 Å². The number of aromatic nitrogens is 2. The Morgan fingerprint density at radius 1 is 0.914 bits per heavy atom. The minimum Gasteiger partial charge on any atom is -0.400 e. The molecule has 0 saturated heterocycles. The summed E-state index contributed by atoms with van der Waals surface area (Å²) >= 11 is 5.16. The van der Waals surface area contributed by atoms with Crippen molar-refractivity contribution in [3.05, 3.63) is 108 Å². The Balaban J connectivity index is 1.70. The van der Waals surface area contributed by atoms with Crippen molar-refractivity contribution in [1.29, 1.82) is 0 Å². The van der Waals surface area contributed by atoms with Gasteiger partial charge in [-0.25, -0.2) is 9.97 Å². The molecular formula is C29H30N3OSSi. The van der Waals surface area contributed by atoms with Gasteiger partial charge in [-0.1, -0.05) is 106 Å². The van der Waals surface area contributed by atoms with E-state index in [1.807, 2.05) is 25.1 Å². The van der Waals surface area contributed by atoms with Gasteiger partial charge in [-0.2, -0.15) is 0 Å². The molecule has 6 heteroatoms. The summed E-state index contributed by atoms with van der Waals surface area (Å²) in [7, 11) is -1.47. The van der Waals surface area contributed by atoms with Crippen molar-refractivity contribution in [3.63, 3.8) is 0 Å². The van der Waals surface area contributed by atoms with Crippen LogP contribution in [0.5, 0.6) is 0 Å². The van der Waals surface area contributed by atoms with E-state index in [1.54, 1.807) is 11.6 Å². The lowest BCUT2D eigenvalue weighted by molar-refractivity contribution is 0.0897. The first kappa shape index (κ1) is 24.9. The van der Waals surface area contributed by atoms with Gasteiger partial charge >= 0.3 is 0 Å². The van der Waals surface area contributed by atoms with Gasteiger partial charge in [0.25, 0.3) is 9.04 Å². The molecule has 0 aliphatic rings. The monoisotopic (exact) mass is 496 g/mol. The summed E-state index contributed by atoms with van der Waals surface area (Å²) in [5.74, 6) is 1.40. The second-order valence-corrected chi connectivity index (χ2v) is 11.8. The molecule has 1 aromatic heterocycles. The van der Waals surface area contributed by atoms with Gasteiger partial charge in [-0.15, -0.1) is 0 Å². The van der Waals surface area contributed by atoms with Gasteiger partial charge in [-0.05, 0) is 40.4 Å². The molecule has 0 saturated carbocycles. The van der Waals surface area contributed by atoms with Crippen molar-refractivity contribution in [2.45, 2.75) is 33.8 Å². The molecule has 0 amide bonds. The van der Waals surface area contributed by atoms with Crippen LogP contribution in [0.2, 0.25) is 0 Å². The second kappa shape index (κ2) is 11.0. The highest BCUT2D eigenvalue weighted by molar-refractivity contribution is 7.79. The van der Waals surface area contributed by atoms with Crippen LogP contribution in [0.25, 0.3) is 0 Å². The maximum Gasteiger partial charge on any atom is 0.283 e. The quantitative estimate of drug-likeness (QED) is 0.247. The molecule has 0 spiro atoms. The number of hydrogen-bond donors (Lipinski definition) is 1. The Labute approximate surface area is 215 Å². The highest BCUT2D eigenvalue weighted by atomic mass is 32.1. The molecule has 4 nitrogen and oxygen atoms in total. The van der Waals surface area contributed by atoms with E-state index in [2.05, 4.69) is 103 Å². The minimum absolute atomic E-state index is 0.115. The summed E-state index contributed by atoms with van der Waals surface area (Å²) in [5.41, 5.74) is 2.72. The van der Waals surface area contributed by atoms with Crippen molar-refractivity contribution < 1.29 is 4.43 Å². The lowest BCUT2D eigenvalue weighted by Crippen LogP contribution is -2.47. The molecular weight excluding hydrogens is 466 g/mol. The predicted molar refractivity (Wildman–Crippen MR) is 150 cm³/mol. The summed E-state index contributed by atoms with van der Waals surface area (Å²) in [6, 6.07) is 29.5. The molecule has 35 heavy (non-hydrogen) atoms. The summed E-state index contributed by atoms with van der Waals surface area (Å²) in [6.45, 7) is 8.55. The average Bonchev–Trinajstić information content (AvgIpc) is 2.85. The number of aryl methyl sites for hydroxylation is 1. The van der Waals surface area contributed by atoms with Crippen molar-refractivity contribution in [2.75, 3.05) is 5.32 Å². The number of anilines is 2. The Bertz CT molecular complexity index is 1240. The second-order valence-electron chi connectivity index (χ2n) is 9.51. The van der Waals surface area contributed by atoms with E-state index in [1.165, 1.54) is 10.4 Å². The summed E-state index contributed by atoms with van der Waals surface area (Å²) in [6.07, 6.45) is 1.63.